The first kappa shape index (κ1) is 15.6. The molecule has 25 heavy (non-hydrogen) atoms. The quantitative estimate of drug-likeness (QED) is 0.798. The number of amides is 1. The Morgan fingerprint density at radius 2 is 1.72 bits per heavy atom. The van der Waals surface area contributed by atoms with Crippen molar-refractivity contribution >= 4 is 5.91 Å². The average Bonchev–Trinajstić information content (AvgIpc) is 3.24. The number of carbonyl (C=O) groups excluding carboxylic acids is 1. The van der Waals surface area contributed by atoms with Crippen LogP contribution < -0.4 is 0 Å². The third-order valence-electron chi connectivity index (χ3n) is 4.65. The van der Waals surface area contributed by atoms with Gasteiger partial charge in [0.2, 0.25) is 5.91 Å². The van der Waals surface area contributed by atoms with Crippen molar-refractivity contribution in [1.82, 2.24) is 14.7 Å². The summed E-state index contributed by atoms with van der Waals surface area (Å²) in [6.45, 7) is 0.844. The lowest BCUT2D eigenvalue weighted by Crippen LogP contribution is -2.33. The van der Waals surface area contributed by atoms with Gasteiger partial charge in [0.15, 0.2) is 0 Å². The molecule has 1 aromatic heterocycles. The summed E-state index contributed by atoms with van der Waals surface area (Å²) in [6, 6.07) is 19.3. The lowest BCUT2D eigenvalue weighted by atomic mass is 9.98. The second kappa shape index (κ2) is 6.53. The highest BCUT2D eigenvalue weighted by Crippen LogP contribution is 2.28. The molecule has 1 amide bonds. The number of benzene rings is 2. The first-order valence-corrected chi connectivity index (χ1v) is 8.33. The van der Waals surface area contributed by atoms with Crippen molar-refractivity contribution in [3.8, 4) is 5.69 Å². The number of rotatable bonds is 4. The molecule has 126 valence electrons. The largest absolute Gasteiger partial charge is 0.395 e. The molecule has 0 saturated heterocycles. The van der Waals surface area contributed by atoms with Crippen molar-refractivity contribution in [1.29, 1.82) is 0 Å². The summed E-state index contributed by atoms with van der Waals surface area (Å²) in [5.74, 6) is -0.576. The fourth-order valence-corrected chi connectivity index (χ4v) is 3.33. The molecule has 0 radical (unpaired) electrons. The smallest absolute Gasteiger partial charge is 0.233 e. The highest BCUT2D eigenvalue weighted by molar-refractivity contribution is 5.84. The van der Waals surface area contributed by atoms with Gasteiger partial charge >= 0.3 is 0 Å². The molecule has 4 rings (SSSR count). The SMILES string of the molecule is O=C(C(CO)c1ccccc1)N1Cc2cnn(-c3ccccc3)c2C1. The summed E-state index contributed by atoms with van der Waals surface area (Å²) in [5.41, 5.74) is 3.92. The van der Waals surface area contributed by atoms with Crippen molar-refractivity contribution in [2.75, 3.05) is 6.61 Å². The van der Waals surface area contributed by atoms with Gasteiger partial charge in [0, 0.05) is 12.1 Å². The molecule has 1 N–H and O–H groups in total. The Morgan fingerprint density at radius 3 is 2.40 bits per heavy atom. The lowest BCUT2D eigenvalue weighted by molar-refractivity contribution is -0.134. The summed E-state index contributed by atoms with van der Waals surface area (Å²) < 4.78 is 1.89. The highest BCUT2D eigenvalue weighted by atomic mass is 16.3. The first-order chi connectivity index (χ1) is 12.3. The molecule has 0 bridgehead atoms. The Kier molecular flexibility index (Phi) is 4.07. The van der Waals surface area contributed by atoms with E-state index in [1.165, 1.54) is 0 Å². The summed E-state index contributed by atoms with van der Waals surface area (Å²) >= 11 is 0. The van der Waals surface area contributed by atoms with Gasteiger partial charge in [-0.05, 0) is 17.7 Å². The Labute approximate surface area is 146 Å². The molecule has 1 aliphatic heterocycles. The van der Waals surface area contributed by atoms with E-state index in [2.05, 4.69) is 5.10 Å². The zero-order chi connectivity index (χ0) is 17.2. The number of carbonyl (C=O) groups is 1. The number of hydrogen-bond acceptors (Lipinski definition) is 3. The van der Waals surface area contributed by atoms with E-state index >= 15 is 0 Å². The van der Waals surface area contributed by atoms with Crippen LogP contribution in [0, 0.1) is 0 Å². The normalized spacial score (nSPS) is 14.4. The molecule has 1 unspecified atom stereocenters. The molecule has 0 fully saturated rings. The van der Waals surface area contributed by atoms with Gasteiger partial charge in [-0.3, -0.25) is 4.79 Å². The molecule has 0 aliphatic carbocycles. The maximum atomic E-state index is 12.9. The lowest BCUT2D eigenvalue weighted by Gasteiger charge is -2.22. The van der Waals surface area contributed by atoms with E-state index in [0.29, 0.717) is 13.1 Å². The summed E-state index contributed by atoms with van der Waals surface area (Å²) in [6.07, 6.45) is 1.83. The number of aromatic nitrogens is 2. The Balaban J connectivity index is 1.58. The van der Waals surface area contributed by atoms with E-state index in [4.69, 9.17) is 0 Å². The van der Waals surface area contributed by atoms with Crippen LogP contribution >= 0.6 is 0 Å². The maximum Gasteiger partial charge on any atom is 0.233 e. The Bertz CT molecular complexity index is 874. The van der Waals surface area contributed by atoms with Crippen molar-refractivity contribution in [2.45, 2.75) is 19.0 Å². The number of aliphatic hydroxyl groups excluding tert-OH is 1. The molecule has 3 aromatic rings. The molecular formula is C20H19N3O2. The zero-order valence-corrected chi connectivity index (χ0v) is 13.7. The molecule has 1 aliphatic rings. The predicted octanol–water partition coefficient (Wildman–Crippen LogP) is 2.49. The van der Waals surface area contributed by atoms with Gasteiger partial charge in [0.25, 0.3) is 0 Å². The minimum Gasteiger partial charge on any atom is -0.395 e. The first-order valence-electron chi connectivity index (χ1n) is 8.33. The summed E-state index contributed by atoms with van der Waals surface area (Å²) in [4.78, 5) is 14.7. The van der Waals surface area contributed by atoms with Crippen molar-refractivity contribution in [3.63, 3.8) is 0 Å². The van der Waals surface area contributed by atoms with E-state index in [1.807, 2.05) is 71.5 Å². The van der Waals surface area contributed by atoms with Gasteiger partial charge in [0.1, 0.15) is 0 Å². The topological polar surface area (TPSA) is 58.4 Å². The van der Waals surface area contributed by atoms with E-state index in [0.717, 1.165) is 22.5 Å². The van der Waals surface area contributed by atoms with E-state index < -0.39 is 5.92 Å². The van der Waals surface area contributed by atoms with Gasteiger partial charge in [-0.15, -0.1) is 0 Å². The van der Waals surface area contributed by atoms with Crippen LogP contribution in [-0.4, -0.2) is 32.3 Å². The van der Waals surface area contributed by atoms with Crippen LogP contribution in [0.4, 0.5) is 0 Å². The van der Waals surface area contributed by atoms with E-state index in [1.54, 1.807) is 4.90 Å². The van der Waals surface area contributed by atoms with Gasteiger partial charge in [-0.2, -0.15) is 5.10 Å². The standard InChI is InChI=1S/C20H19N3O2/c24-14-18(15-7-3-1-4-8-15)20(25)22-12-16-11-21-23(19(16)13-22)17-9-5-2-6-10-17/h1-11,18,24H,12-14H2. The minimum atomic E-state index is -0.525. The van der Waals surface area contributed by atoms with Crippen LogP contribution in [0.25, 0.3) is 5.69 Å². The van der Waals surface area contributed by atoms with E-state index in [9.17, 15) is 9.90 Å². The zero-order valence-electron chi connectivity index (χ0n) is 13.7. The molecule has 5 heteroatoms. The van der Waals surface area contributed by atoms with Gasteiger partial charge in [-0.1, -0.05) is 48.5 Å². The van der Waals surface area contributed by atoms with Gasteiger partial charge in [0.05, 0.1) is 36.6 Å². The second-order valence-corrected chi connectivity index (χ2v) is 6.20. The predicted molar refractivity (Wildman–Crippen MR) is 94.1 cm³/mol. The molecule has 0 spiro atoms. The monoisotopic (exact) mass is 333 g/mol. The van der Waals surface area contributed by atoms with Crippen LogP contribution in [0.15, 0.2) is 66.9 Å². The molecule has 2 heterocycles. The summed E-state index contributed by atoms with van der Waals surface area (Å²) in [7, 11) is 0. The number of hydrogen-bond donors (Lipinski definition) is 1. The number of fused-ring (bicyclic) bond motifs is 1. The van der Waals surface area contributed by atoms with E-state index in [-0.39, 0.29) is 12.5 Å². The third kappa shape index (κ3) is 2.83. The van der Waals surface area contributed by atoms with Crippen LogP contribution in [0.5, 0.6) is 0 Å². The van der Waals surface area contributed by atoms with Crippen LogP contribution in [-0.2, 0) is 17.9 Å². The number of para-hydroxylation sites is 1. The second-order valence-electron chi connectivity index (χ2n) is 6.20. The van der Waals surface area contributed by atoms with Gasteiger partial charge < -0.3 is 10.0 Å². The Hall–Kier alpha value is -2.92. The maximum absolute atomic E-state index is 12.9. The van der Waals surface area contributed by atoms with Crippen molar-refractivity contribution in [3.05, 3.63) is 83.7 Å². The van der Waals surface area contributed by atoms with Crippen molar-refractivity contribution < 1.29 is 9.90 Å². The highest BCUT2D eigenvalue weighted by Gasteiger charge is 2.32. The third-order valence-corrected chi connectivity index (χ3v) is 4.65. The molecular weight excluding hydrogens is 314 g/mol. The molecule has 0 saturated carbocycles. The van der Waals surface area contributed by atoms with Crippen LogP contribution in [0.2, 0.25) is 0 Å². The van der Waals surface area contributed by atoms with Crippen LogP contribution in [0.1, 0.15) is 22.7 Å². The minimum absolute atomic E-state index is 0.0514. The number of nitrogens with zero attached hydrogens (tertiary/aromatic N) is 3. The fourth-order valence-electron chi connectivity index (χ4n) is 3.33. The van der Waals surface area contributed by atoms with Crippen LogP contribution in [0.3, 0.4) is 0 Å². The average molecular weight is 333 g/mol. The molecule has 1 atom stereocenters. The van der Waals surface area contributed by atoms with Gasteiger partial charge in [-0.25, -0.2) is 4.68 Å². The fraction of sp³-hybridized carbons (Fsp3) is 0.200. The summed E-state index contributed by atoms with van der Waals surface area (Å²) in [5, 5.41) is 14.2. The molecule has 2 aromatic carbocycles. The van der Waals surface area contributed by atoms with Crippen molar-refractivity contribution in [2.24, 2.45) is 0 Å². The number of aliphatic hydroxyl groups is 1. The molecule has 5 nitrogen and oxygen atoms in total. The Morgan fingerprint density at radius 1 is 1.04 bits per heavy atom.